The topological polar surface area (TPSA) is 62.2 Å². The molecule has 0 saturated heterocycles. The average molecular weight is 513 g/mol. The molecule has 6 nitrogen and oxygen atoms in total. The van der Waals surface area contributed by atoms with Crippen molar-refractivity contribution in [1.82, 2.24) is 4.90 Å². The van der Waals surface area contributed by atoms with Crippen LogP contribution >= 0.6 is 11.8 Å². The van der Waals surface area contributed by atoms with Gasteiger partial charge in [0.25, 0.3) is 0 Å². The number of benzene rings is 2. The van der Waals surface area contributed by atoms with Gasteiger partial charge in [-0.25, -0.2) is 0 Å². The molecule has 1 atom stereocenters. The number of nitrogens with zero attached hydrogens (tertiary/aromatic N) is 2. The van der Waals surface area contributed by atoms with Crippen LogP contribution in [0.3, 0.4) is 0 Å². The molecule has 10 heteroatoms. The smallest absolute Gasteiger partial charge is 0.416 e. The number of anilines is 1. The highest BCUT2D eigenvalue weighted by Gasteiger charge is 2.39. The first-order valence-corrected chi connectivity index (χ1v) is 12.3. The van der Waals surface area contributed by atoms with E-state index < -0.39 is 17.1 Å². The lowest BCUT2D eigenvalue weighted by atomic mass is 10.1. The first kappa shape index (κ1) is 27.2. The fourth-order valence-electron chi connectivity index (χ4n) is 4.00. The molecule has 1 aliphatic heterocycles. The van der Waals surface area contributed by atoms with Crippen LogP contribution in [0.1, 0.15) is 43.7 Å². The van der Waals surface area contributed by atoms with Gasteiger partial charge in [0, 0.05) is 36.5 Å². The highest BCUT2D eigenvalue weighted by atomic mass is 32.2. The Morgan fingerprint density at radius 1 is 1.20 bits per heavy atom. The summed E-state index contributed by atoms with van der Waals surface area (Å²) < 4.78 is 51.4. The van der Waals surface area contributed by atoms with E-state index in [0.29, 0.717) is 41.5 Å². The zero-order valence-electron chi connectivity index (χ0n) is 20.3. The molecule has 0 spiro atoms. The Labute approximate surface area is 208 Å². The van der Waals surface area contributed by atoms with Crippen molar-refractivity contribution in [1.29, 1.82) is 0 Å². The van der Waals surface area contributed by atoms with Gasteiger partial charge in [0.2, 0.25) is 5.91 Å². The first-order chi connectivity index (χ1) is 16.6. The van der Waals surface area contributed by atoms with E-state index in [1.165, 1.54) is 36.8 Å². The number of aliphatic hydroxyl groups is 1. The van der Waals surface area contributed by atoms with Crippen LogP contribution in [0.4, 0.5) is 18.9 Å². The Balaban J connectivity index is 1.86. The zero-order valence-corrected chi connectivity index (χ0v) is 21.1. The number of ether oxygens (including phenoxy) is 2. The van der Waals surface area contributed by atoms with Gasteiger partial charge in [-0.15, -0.1) is 0 Å². The maximum atomic E-state index is 13.3. The fourth-order valence-corrected chi connectivity index (χ4v) is 5.35. The third-order valence-corrected chi connectivity index (χ3v) is 7.09. The molecule has 2 aromatic carbocycles. The molecule has 0 radical (unpaired) electrons. The maximum absolute atomic E-state index is 13.3. The van der Waals surface area contributed by atoms with Crippen LogP contribution in [0, 0.1) is 0 Å². The summed E-state index contributed by atoms with van der Waals surface area (Å²) >= 11 is 1.30. The second kappa shape index (κ2) is 11.5. The predicted octanol–water partition coefficient (Wildman–Crippen LogP) is 5.34. The quantitative estimate of drug-likeness (QED) is 0.434. The van der Waals surface area contributed by atoms with Crippen LogP contribution in [0.25, 0.3) is 0 Å². The number of thioether (sulfide) groups is 1. The fraction of sp³-hybridized carbons (Fsp3) is 0.480. The van der Waals surface area contributed by atoms with E-state index >= 15 is 0 Å². The van der Waals surface area contributed by atoms with Crippen LogP contribution in [0.15, 0.2) is 41.3 Å². The molecule has 1 unspecified atom stereocenters. The van der Waals surface area contributed by atoms with Gasteiger partial charge in [-0.1, -0.05) is 11.8 Å². The maximum Gasteiger partial charge on any atom is 0.416 e. The third-order valence-electron chi connectivity index (χ3n) is 5.81. The number of methoxy groups -OCH3 is 1. The molecule has 1 aliphatic rings. The van der Waals surface area contributed by atoms with Crippen molar-refractivity contribution < 1.29 is 32.5 Å². The van der Waals surface area contributed by atoms with E-state index in [1.807, 2.05) is 0 Å². The lowest BCUT2D eigenvalue weighted by Gasteiger charge is -2.27. The standard InChI is InChI=1S/C25H31F3N2O4S/c1-16(2)29(11-12-31)10-5-13-34-22-8-7-19(33-4)15-20(22)24-30(17(3)32)21-14-18(25(26,27)28)6-9-23(21)35-24/h6-9,14-16,24,31H,5,10-13H2,1-4H3. The van der Waals surface area contributed by atoms with Crippen LogP contribution in [-0.2, 0) is 11.0 Å². The van der Waals surface area contributed by atoms with Crippen molar-refractivity contribution in [2.75, 3.05) is 38.3 Å². The average Bonchev–Trinajstić information content (AvgIpc) is 3.19. The minimum absolute atomic E-state index is 0.0814. The van der Waals surface area contributed by atoms with Crippen LogP contribution in [0.5, 0.6) is 11.5 Å². The Kier molecular flexibility index (Phi) is 8.95. The number of carbonyl (C=O) groups excluding carboxylic acids is 1. The van der Waals surface area contributed by atoms with E-state index in [4.69, 9.17) is 9.47 Å². The molecule has 35 heavy (non-hydrogen) atoms. The molecule has 3 rings (SSSR count). The number of hydrogen-bond donors (Lipinski definition) is 1. The van der Waals surface area contributed by atoms with Crippen molar-refractivity contribution >= 4 is 23.4 Å². The van der Waals surface area contributed by atoms with Gasteiger partial charge in [0.05, 0.1) is 31.6 Å². The summed E-state index contributed by atoms with van der Waals surface area (Å²) in [4.78, 5) is 16.7. The van der Waals surface area contributed by atoms with Crippen molar-refractivity contribution in [2.45, 2.75) is 49.7 Å². The number of hydrogen-bond acceptors (Lipinski definition) is 6. The number of rotatable bonds is 10. The summed E-state index contributed by atoms with van der Waals surface area (Å²) in [5, 5.41) is 8.65. The van der Waals surface area contributed by atoms with Crippen LogP contribution in [0.2, 0.25) is 0 Å². The van der Waals surface area contributed by atoms with Gasteiger partial charge >= 0.3 is 6.18 Å². The molecule has 1 N–H and O–H groups in total. The highest BCUT2D eigenvalue weighted by molar-refractivity contribution is 8.00. The summed E-state index contributed by atoms with van der Waals surface area (Å²) in [6.45, 7) is 7.27. The molecule has 0 saturated carbocycles. The molecule has 1 heterocycles. The first-order valence-electron chi connectivity index (χ1n) is 11.4. The number of amides is 1. The number of aliphatic hydroxyl groups excluding tert-OH is 1. The lowest BCUT2D eigenvalue weighted by Crippen LogP contribution is -2.35. The van der Waals surface area contributed by atoms with Crippen LogP contribution < -0.4 is 14.4 Å². The number of halogens is 3. The van der Waals surface area contributed by atoms with E-state index in [9.17, 15) is 23.1 Å². The molecular formula is C25H31F3N2O4S. The normalized spacial score (nSPS) is 15.6. The van der Waals surface area contributed by atoms with E-state index in [-0.39, 0.29) is 24.2 Å². The molecule has 192 valence electrons. The molecule has 1 amide bonds. The molecule has 0 aliphatic carbocycles. The summed E-state index contributed by atoms with van der Waals surface area (Å²) in [6, 6.07) is 9.00. The monoisotopic (exact) mass is 512 g/mol. The predicted molar refractivity (Wildman–Crippen MR) is 130 cm³/mol. The van der Waals surface area contributed by atoms with Crippen molar-refractivity contribution in [3.05, 3.63) is 47.5 Å². The molecule has 0 aromatic heterocycles. The van der Waals surface area contributed by atoms with Gasteiger partial charge in [-0.2, -0.15) is 13.2 Å². The Hall–Kier alpha value is -2.43. The van der Waals surface area contributed by atoms with E-state index in [2.05, 4.69) is 18.7 Å². The Morgan fingerprint density at radius 3 is 2.54 bits per heavy atom. The Morgan fingerprint density at radius 2 is 1.94 bits per heavy atom. The highest BCUT2D eigenvalue weighted by Crippen LogP contribution is 2.54. The van der Waals surface area contributed by atoms with E-state index in [0.717, 1.165) is 18.7 Å². The van der Waals surface area contributed by atoms with Gasteiger partial charge in [-0.05, 0) is 56.7 Å². The number of alkyl halides is 3. The lowest BCUT2D eigenvalue weighted by molar-refractivity contribution is -0.137. The second-order valence-corrected chi connectivity index (χ2v) is 9.62. The van der Waals surface area contributed by atoms with E-state index in [1.54, 1.807) is 18.2 Å². The second-order valence-electron chi connectivity index (χ2n) is 8.50. The van der Waals surface area contributed by atoms with Gasteiger partial charge in [0.1, 0.15) is 16.9 Å². The summed E-state index contributed by atoms with van der Waals surface area (Å²) in [5.74, 6) is 0.722. The minimum Gasteiger partial charge on any atom is -0.497 e. The summed E-state index contributed by atoms with van der Waals surface area (Å²) in [7, 11) is 1.52. The molecule has 2 aromatic rings. The minimum atomic E-state index is -4.51. The zero-order chi connectivity index (χ0) is 25.8. The largest absolute Gasteiger partial charge is 0.497 e. The third kappa shape index (κ3) is 6.42. The van der Waals surface area contributed by atoms with Crippen molar-refractivity contribution in [3.8, 4) is 11.5 Å². The SMILES string of the molecule is COc1ccc(OCCCN(CCO)C(C)C)c(C2Sc3ccc(C(F)(F)F)cc3N2C(C)=O)c1. The summed E-state index contributed by atoms with van der Waals surface area (Å²) in [6.07, 6.45) is -3.79. The van der Waals surface area contributed by atoms with Gasteiger partial charge in [-0.3, -0.25) is 14.6 Å². The number of fused-ring (bicyclic) bond motifs is 1. The van der Waals surface area contributed by atoms with Crippen molar-refractivity contribution in [3.63, 3.8) is 0 Å². The molecule has 0 bridgehead atoms. The van der Waals surface area contributed by atoms with Gasteiger partial charge < -0.3 is 14.6 Å². The van der Waals surface area contributed by atoms with Gasteiger partial charge in [0.15, 0.2) is 0 Å². The summed E-state index contributed by atoms with van der Waals surface area (Å²) in [5.41, 5.74) is 0.0708. The Bertz CT molecular complexity index is 1030. The molecule has 0 fully saturated rings. The van der Waals surface area contributed by atoms with Crippen molar-refractivity contribution in [2.24, 2.45) is 0 Å². The molecular weight excluding hydrogens is 481 g/mol. The van der Waals surface area contributed by atoms with Crippen LogP contribution in [-0.4, -0.2) is 55.4 Å². The number of carbonyl (C=O) groups is 1.